The molecule has 3 saturated carbocycles. The summed E-state index contributed by atoms with van der Waals surface area (Å²) in [6, 6.07) is 7.82. The fourth-order valence-corrected chi connectivity index (χ4v) is 6.76. The van der Waals surface area contributed by atoms with Crippen LogP contribution >= 0.6 is 11.6 Å². The van der Waals surface area contributed by atoms with Crippen molar-refractivity contribution in [3.63, 3.8) is 0 Å². The number of halogens is 5. The first-order valence-corrected chi connectivity index (χ1v) is 14.2. The fourth-order valence-electron chi connectivity index (χ4n) is 6.49. The van der Waals surface area contributed by atoms with E-state index in [4.69, 9.17) is 11.6 Å². The summed E-state index contributed by atoms with van der Waals surface area (Å²) < 4.78 is 56.3. The van der Waals surface area contributed by atoms with Crippen molar-refractivity contribution in [2.24, 2.45) is 11.8 Å². The number of anilines is 2. The Bertz CT molecular complexity index is 1750. The topological polar surface area (TPSA) is 104 Å². The van der Waals surface area contributed by atoms with Gasteiger partial charge in [-0.3, -0.25) is 4.98 Å². The number of aryl methyl sites for hydroxylation is 1. The van der Waals surface area contributed by atoms with E-state index in [2.05, 4.69) is 37.0 Å². The number of alkyl halides is 3. The van der Waals surface area contributed by atoms with Crippen LogP contribution in [0, 0.1) is 36.0 Å². The number of pyridine rings is 2. The van der Waals surface area contributed by atoms with Crippen LogP contribution in [-0.2, 0) is 5.54 Å². The zero-order valence-electron chi connectivity index (χ0n) is 22.4. The van der Waals surface area contributed by atoms with Crippen LogP contribution < -0.4 is 10.6 Å². The Morgan fingerprint density at radius 3 is 2.62 bits per heavy atom. The number of benzene rings is 1. The second-order valence-electron chi connectivity index (χ2n) is 11.4. The molecule has 0 aliphatic heterocycles. The molecule has 0 radical (unpaired) electrons. The highest BCUT2D eigenvalue weighted by Gasteiger charge is 2.66. The standard InChI is InChI=1S/C29H25ClF4N8/c1-14-17(5-6-23(31)37-14)27(22-13-42(41-40-22)28(7-8-28)29(32,33)34)38-16-9-20-24(39-25-18-3-2-4-19(18)25)15(11-35)12-36-26(20)21(30)10-16/h5-6,9-10,12-13,18-19,25,27,38H,2-4,7-8H2,1H3,(H,36,39)/t18-,19+,25?,27-/m0/s1. The van der Waals surface area contributed by atoms with E-state index in [0.29, 0.717) is 56.0 Å². The Morgan fingerprint density at radius 1 is 1.19 bits per heavy atom. The van der Waals surface area contributed by atoms with Crippen LogP contribution in [0.5, 0.6) is 0 Å². The lowest BCUT2D eigenvalue weighted by atomic mass is 10.0. The molecule has 4 atom stereocenters. The van der Waals surface area contributed by atoms with Crippen LogP contribution in [0.15, 0.2) is 36.7 Å². The molecular weight excluding hydrogens is 572 g/mol. The third kappa shape index (κ3) is 4.33. The maximum absolute atomic E-state index is 13.9. The van der Waals surface area contributed by atoms with Gasteiger partial charge in [0.05, 0.1) is 34.0 Å². The van der Waals surface area contributed by atoms with Crippen molar-refractivity contribution in [1.82, 2.24) is 25.0 Å². The number of fused-ring (bicyclic) bond motifs is 2. The normalized spacial score (nSPS) is 22.8. The van der Waals surface area contributed by atoms with E-state index >= 15 is 0 Å². The molecule has 0 saturated heterocycles. The molecule has 1 unspecified atom stereocenters. The lowest BCUT2D eigenvalue weighted by Gasteiger charge is -2.22. The second-order valence-corrected chi connectivity index (χ2v) is 11.9. The molecule has 8 nitrogen and oxygen atoms in total. The van der Waals surface area contributed by atoms with Crippen molar-refractivity contribution < 1.29 is 17.6 Å². The quantitative estimate of drug-likeness (QED) is 0.182. The molecule has 13 heteroatoms. The summed E-state index contributed by atoms with van der Waals surface area (Å²) in [6.45, 7) is 1.61. The largest absolute Gasteiger partial charge is 0.413 e. The summed E-state index contributed by atoms with van der Waals surface area (Å²) in [5, 5.41) is 25.7. The molecule has 1 aromatic carbocycles. The minimum absolute atomic E-state index is 0.0818. The molecule has 3 aliphatic carbocycles. The van der Waals surface area contributed by atoms with Crippen molar-refractivity contribution in [3.8, 4) is 6.07 Å². The molecular formula is C29H25ClF4N8. The van der Waals surface area contributed by atoms with Crippen LogP contribution in [0.2, 0.25) is 5.02 Å². The molecule has 2 N–H and O–H groups in total. The summed E-state index contributed by atoms with van der Waals surface area (Å²) in [6.07, 6.45) is 1.66. The lowest BCUT2D eigenvalue weighted by molar-refractivity contribution is -0.182. The van der Waals surface area contributed by atoms with Gasteiger partial charge in [0, 0.05) is 34.6 Å². The smallest absolute Gasteiger partial charge is 0.380 e. The van der Waals surface area contributed by atoms with Gasteiger partial charge in [-0.1, -0.05) is 29.3 Å². The maximum atomic E-state index is 13.9. The molecule has 4 aromatic rings. The van der Waals surface area contributed by atoms with Gasteiger partial charge in [0.15, 0.2) is 5.54 Å². The SMILES string of the molecule is Cc1nc(F)ccc1[C@H](Nc1cc(Cl)c2ncc(C#N)c(NC3[C@H]4CCC[C@@H]34)c2c1)c1cn(C2(C(F)(F)F)CC2)nn1. The fraction of sp³-hybridized carbons (Fsp3) is 0.414. The van der Waals surface area contributed by atoms with E-state index in [1.807, 2.05) is 0 Å². The molecule has 3 aromatic heterocycles. The molecule has 0 amide bonds. The summed E-state index contributed by atoms with van der Waals surface area (Å²) in [5.41, 5.74) is 1.02. The average Bonchev–Trinajstić information content (AvgIpc) is 3.73. The molecule has 42 heavy (non-hydrogen) atoms. The van der Waals surface area contributed by atoms with Gasteiger partial charge < -0.3 is 10.6 Å². The van der Waals surface area contributed by atoms with Gasteiger partial charge >= 0.3 is 6.18 Å². The van der Waals surface area contributed by atoms with Gasteiger partial charge in [-0.2, -0.15) is 22.8 Å². The van der Waals surface area contributed by atoms with Gasteiger partial charge in [-0.05, 0) is 62.6 Å². The van der Waals surface area contributed by atoms with Crippen LogP contribution in [-0.4, -0.2) is 37.2 Å². The summed E-state index contributed by atoms with van der Waals surface area (Å²) >= 11 is 6.70. The van der Waals surface area contributed by atoms with Gasteiger partial charge in [0.25, 0.3) is 0 Å². The number of hydrogen-bond donors (Lipinski definition) is 2. The van der Waals surface area contributed by atoms with Crippen molar-refractivity contribution in [2.75, 3.05) is 10.6 Å². The number of aromatic nitrogens is 5. The van der Waals surface area contributed by atoms with E-state index in [-0.39, 0.29) is 24.6 Å². The highest BCUT2D eigenvalue weighted by molar-refractivity contribution is 6.35. The first-order valence-electron chi connectivity index (χ1n) is 13.8. The van der Waals surface area contributed by atoms with Crippen molar-refractivity contribution in [3.05, 3.63) is 70.1 Å². The number of nitrogens with zero attached hydrogens (tertiary/aromatic N) is 6. The van der Waals surface area contributed by atoms with Gasteiger partial charge in [-0.25, -0.2) is 9.67 Å². The number of nitrogens with one attached hydrogen (secondary N) is 2. The highest BCUT2D eigenvalue weighted by Crippen LogP contribution is 2.55. The molecule has 3 heterocycles. The summed E-state index contributed by atoms with van der Waals surface area (Å²) in [7, 11) is 0. The molecule has 0 bridgehead atoms. The van der Waals surface area contributed by atoms with Gasteiger partial charge in [-0.15, -0.1) is 5.10 Å². The first-order chi connectivity index (χ1) is 20.1. The lowest BCUT2D eigenvalue weighted by Crippen LogP contribution is -2.35. The third-order valence-electron chi connectivity index (χ3n) is 8.97. The predicted molar refractivity (Wildman–Crippen MR) is 147 cm³/mol. The summed E-state index contributed by atoms with van der Waals surface area (Å²) in [4.78, 5) is 8.34. The van der Waals surface area contributed by atoms with E-state index in [9.17, 15) is 22.8 Å². The monoisotopic (exact) mass is 596 g/mol. The van der Waals surface area contributed by atoms with Crippen LogP contribution in [0.3, 0.4) is 0 Å². The van der Waals surface area contributed by atoms with E-state index in [1.165, 1.54) is 30.9 Å². The van der Waals surface area contributed by atoms with Crippen LogP contribution in [0.25, 0.3) is 10.9 Å². The Balaban J connectivity index is 1.30. The van der Waals surface area contributed by atoms with Crippen molar-refractivity contribution >= 4 is 33.9 Å². The van der Waals surface area contributed by atoms with Crippen molar-refractivity contribution in [2.45, 2.75) is 62.8 Å². The van der Waals surface area contributed by atoms with E-state index < -0.39 is 23.7 Å². The number of nitriles is 1. The second kappa shape index (κ2) is 9.52. The Kier molecular flexibility index (Phi) is 6.10. The molecule has 7 rings (SSSR count). The highest BCUT2D eigenvalue weighted by atomic mass is 35.5. The molecule has 3 aliphatic rings. The van der Waals surface area contributed by atoms with Gasteiger partial charge in [0.2, 0.25) is 5.95 Å². The average molecular weight is 597 g/mol. The Morgan fingerprint density at radius 2 is 1.95 bits per heavy atom. The Labute approximate surface area is 243 Å². The molecule has 3 fully saturated rings. The molecule has 216 valence electrons. The van der Waals surface area contributed by atoms with Crippen molar-refractivity contribution in [1.29, 1.82) is 5.26 Å². The zero-order chi connectivity index (χ0) is 29.4. The minimum atomic E-state index is -4.48. The zero-order valence-corrected chi connectivity index (χ0v) is 23.1. The summed E-state index contributed by atoms with van der Waals surface area (Å²) in [5.74, 6) is 0.491. The van der Waals surface area contributed by atoms with E-state index in [0.717, 1.165) is 17.5 Å². The van der Waals surface area contributed by atoms with Crippen LogP contribution in [0.1, 0.15) is 60.7 Å². The third-order valence-corrected chi connectivity index (χ3v) is 9.26. The number of rotatable bonds is 7. The minimum Gasteiger partial charge on any atom is -0.380 e. The van der Waals surface area contributed by atoms with E-state index in [1.54, 1.807) is 19.1 Å². The molecule has 0 spiro atoms. The maximum Gasteiger partial charge on any atom is 0.413 e. The number of hydrogen-bond acceptors (Lipinski definition) is 7. The predicted octanol–water partition coefficient (Wildman–Crippen LogP) is 6.66. The van der Waals surface area contributed by atoms with Gasteiger partial charge in [0.1, 0.15) is 11.8 Å². The van der Waals surface area contributed by atoms with Crippen LogP contribution in [0.4, 0.5) is 28.9 Å². The first kappa shape index (κ1) is 26.9. The Hall–Kier alpha value is -3.98.